The van der Waals surface area contributed by atoms with E-state index in [0.29, 0.717) is 0 Å². The first-order valence-electron chi connectivity index (χ1n) is 2.54. The molecule has 0 radical (unpaired) electrons. The molecule has 0 bridgehead atoms. The highest BCUT2D eigenvalue weighted by atomic mass is 16.3. The van der Waals surface area contributed by atoms with Crippen molar-refractivity contribution in [2.24, 2.45) is 0 Å². The van der Waals surface area contributed by atoms with Crippen LogP contribution in [0, 0.1) is 0 Å². The van der Waals surface area contributed by atoms with Crippen LogP contribution in [0.2, 0.25) is 0 Å². The van der Waals surface area contributed by atoms with Crippen molar-refractivity contribution in [2.45, 2.75) is 6.92 Å². The number of hydrogen-bond donors (Lipinski definition) is 0. The summed E-state index contributed by atoms with van der Waals surface area (Å²) in [6.07, 6.45) is 1.90. The summed E-state index contributed by atoms with van der Waals surface area (Å²) in [6, 6.07) is 3.73. The number of furan rings is 1. The van der Waals surface area contributed by atoms with Gasteiger partial charge in [-0.1, -0.05) is 6.58 Å². The molecule has 0 saturated heterocycles. The lowest BCUT2D eigenvalue weighted by Crippen LogP contribution is -1.94. The fourth-order valence-electron chi connectivity index (χ4n) is 0.550. The third-order valence-corrected chi connectivity index (χ3v) is 0.967. The molecule has 1 rings (SSSR count). The molecule has 1 aromatic heterocycles. The molecule has 0 N–H and O–H groups in total. The smallest absolute Gasteiger partial charge is 0.123 e. The van der Waals surface area contributed by atoms with Crippen LogP contribution >= 0.6 is 0 Å². The largest absolute Gasteiger partial charge is 0.458 e. The van der Waals surface area contributed by atoms with Gasteiger partial charge in [-0.2, -0.15) is 0 Å². The first kappa shape index (κ1) is 5.16. The Balaban J connectivity index is 3.41. The van der Waals surface area contributed by atoms with E-state index < -0.39 is 0 Å². The lowest BCUT2D eigenvalue weighted by molar-refractivity contribution is 0.503. The lowest BCUT2D eigenvalue weighted by Gasteiger charge is -1.67. The van der Waals surface area contributed by atoms with Gasteiger partial charge in [0.25, 0.3) is 0 Å². The summed E-state index contributed by atoms with van der Waals surface area (Å²) >= 11 is 0. The molecule has 1 nitrogen and oxygen atoms in total. The SMILES string of the molecule is C=c1ccc(=CC)o1. The molecule has 0 fully saturated rings. The van der Waals surface area contributed by atoms with Gasteiger partial charge in [-0.05, 0) is 25.1 Å². The third kappa shape index (κ3) is 0.808. The van der Waals surface area contributed by atoms with E-state index in [4.69, 9.17) is 4.42 Å². The molecular weight excluding hydrogens is 100 g/mol. The van der Waals surface area contributed by atoms with Crippen LogP contribution in [0.5, 0.6) is 0 Å². The Morgan fingerprint density at radius 2 is 2.38 bits per heavy atom. The van der Waals surface area contributed by atoms with Crippen LogP contribution in [0.15, 0.2) is 16.5 Å². The first-order chi connectivity index (χ1) is 3.83. The molecule has 0 atom stereocenters. The summed E-state index contributed by atoms with van der Waals surface area (Å²) in [5, 5.41) is 0. The van der Waals surface area contributed by atoms with Crippen molar-refractivity contribution in [3.8, 4) is 0 Å². The monoisotopic (exact) mass is 108 g/mol. The molecule has 0 amide bonds. The maximum Gasteiger partial charge on any atom is 0.123 e. The fraction of sp³-hybridized carbons (Fsp3) is 0.143. The van der Waals surface area contributed by atoms with E-state index in [1.807, 2.05) is 25.1 Å². The van der Waals surface area contributed by atoms with Gasteiger partial charge in [-0.25, -0.2) is 0 Å². The van der Waals surface area contributed by atoms with Crippen LogP contribution < -0.4 is 10.8 Å². The highest BCUT2D eigenvalue weighted by molar-refractivity contribution is 5.13. The zero-order chi connectivity index (χ0) is 5.98. The average molecular weight is 108 g/mol. The van der Waals surface area contributed by atoms with Crippen molar-refractivity contribution in [2.75, 3.05) is 0 Å². The standard InChI is InChI=1S/C7H8O/c1-3-7-5-4-6(2)8-7/h3-5H,2H2,1H3. The van der Waals surface area contributed by atoms with Crippen molar-refractivity contribution in [1.82, 2.24) is 0 Å². The van der Waals surface area contributed by atoms with Gasteiger partial charge in [0.15, 0.2) is 0 Å². The average Bonchev–Trinajstić information content (AvgIpc) is 2.14. The second-order valence-electron chi connectivity index (χ2n) is 1.59. The van der Waals surface area contributed by atoms with Crippen molar-refractivity contribution in [1.29, 1.82) is 0 Å². The fourth-order valence-corrected chi connectivity index (χ4v) is 0.550. The molecule has 0 saturated carbocycles. The number of rotatable bonds is 0. The Hall–Kier alpha value is -0.980. The van der Waals surface area contributed by atoms with Crippen LogP contribution in [0.4, 0.5) is 0 Å². The topological polar surface area (TPSA) is 13.1 Å². The minimum absolute atomic E-state index is 0.720. The Morgan fingerprint density at radius 1 is 1.62 bits per heavy atom. The van der Waals surface area contributed by atoms with Gasteiger partial charge < -0.3 is 4.42 Å². The van der Waals surface area contributed by atoms with Crippen molar-refractivity contribution >= 4 is 12.7 Å². The molecule has 0 unspecified atom stereocenters. The van der Waals surface area contributed by atoms with E-state index in [0.717, 1.165) is 10.8 Å². The predicted octanol–water partition coefficient (Wildman–Crippen LogP) is 0.490. The Morgan fingerprint density at radius 3 is 2.62 bits per heavy atom. The van der Waals surface area contributed by atoms with Crippen molar-refractivity contribution in [3.63, 3.8) is 0 Å². The van der Waals surface area contributed by atoms with Gasteiger partial charge in [0.1, 0.15) is 10.8 Å². The molecule has 42 valence electrons. The molecule has 0 aliphatic carbocycles. The molecule has 1 heterocycles. The number of hydrogen-bond acceptors (Lipinski definition) is 1. The predicted molar refractivity (Wildman–Crippen MR) is 33.6 cm³/mol. The quantitative estimate of drug-likeness (QED) is 0.471. The van der Waals surface area contributed by atoms with Gasteiger partial charge in [0.05, 0.1) is 0 Å². The molecule has 0 aliphatic rings. The van der Waals surface area contributed by atoms with E-state index in [9.17, 15) is 0 Å². The minimum Gasteiger partial charge on any atom is -0.458 e. The lowest BCUT2D eigenvalue weighted by atomic mass is 10.5. The van der Waals surface area contributed by atoms with Crippen LogP contribution in [0.1, 0.15) is 6.92 Å². The van der Waals surface area contributed by atoms with Crippen LogP contribution in [-0.2, 0) is 0 Å². The third-order valence-electron chi connectivity index (χ3n) is 0.967. The van der Waals surface area contributed by atoms with Crippen LogP contribution in [0.3, 0.4) is 0 Å². The molecule has 0 aliphatic heterocycles. The Bertz CT molecular complexity index is 256. The summed E-state index contributed by atoms with van der Waals surface area (Å²) in [7, 11) is 0. The van der Waals surface area contributed by atoms with E-state index in [1.54, 1.807) is 0 Å². The van der Waals surface area contributed by atoms with Gasteiger partial charge in [0, 0.05) is 0 Å². The summed E-state index contributed by atoms with van der Waals surface area (Å²) in [5.74, 6) is 0. The van der Waals surface area contributed by atoms with E-state index in [-0.39, 0.29) is 0 Å². The van der Waals surface area contributed by atoms with E-state index in [1.165, 1.54) is 0 Å². The first-order valence-corrected chi connectivity index (χ1v) is 2.54. The molecule has 0 spiro atoms. The second-order valence-corrected chi connectivity index (χ2v) is 1.59. The molecule has 1 heteroatoms. The zero-order valence-electron chi connectivity index (χ0n) is 4.85. The summed E-state index contributed by atoms with van der Waals surface area (Å²) in [5.41, 5.74) is 1.60. The molecule has 0 aromatic carbocycles. The van der Waals surface area contributed by atoms with Gasteiger partial charge in [-0.15, -0.1) is 0 Å². The molecule has 8 heavy (non-hydrogen) atoms. The second kappa shape index (κ2) is 1.86. The van der Waals surface area contributed by atoms with Gasteiger partial charge in [0.2, 0.25) is 0 Å². The van der Waals surface area contributed by atoms with Gasteiger partial charge >= 0.3 is 0 Å². The minimum atomic E-state index is 0.720. The summed E-state index contributed by atoms with van der Waals surface area (Å²) in [6.45, 7) is 5.53. The van der Waals surface area contributed by atoms with Crippen LogP contribution in [0.25, 0.3) is 12.7 Å². The van der Waals surface area contributed by atoms with E-state index in [2.05, 4.69) is 6.58 Å². The summed E-state index contributed by atoms with van der Waals surface area (Å²) < 4.78 is 5.07. The van der Waals surface area contributed by atoms with E-state index >= 15 is 0 Å². The molecular formula is C7H8O. The maximum atomic E-state index is 5.07. The highest BCUT2D eigenvalue weighted by Gasteiger charge is 1.76. The maximum absolute atomic E-state index is 5.07. The normalized spacial score (nSPS) is 12.4. The Labute approximate surface area is 47.9 Å². The molecule has 1 aromatic rings. The van der Waals surface area contributed by atoms with Crippen molar-refractivity contribution < 1.29 is 4.42 Å². The van der Waals surface area contributed by atoms with Crippen LogP contribution in [-0.4, -0.2) is 0 Å². The zero-order valence-corrected chi connectivity index (χ0v) is 4.85. The summed E-state index contributed by atoms with van der Waals surface area (Å²) in [4.78, 5) is 0. The Kier molecular flexibility index (Phi) is 1.20. The van der Waals surface area contributed by atoms with Crippen molar-refractivity contribution in [3.05, 3.63) is 23.0 Å². The highest BCUT2D eigenvalue weighted by Crippen LogP contribution is 1.64. The van der Waals surface area contributed by atoms with Gasteiger partial charge in [-0.3, -0.25) is 0 Å².